The summed E-state index contributed by atoms with van der Waals surface area (Å²) in [6, 6.07) is -0.181. The molecule has 0 radical (unpaired) electrons. The second-order valence-electron chi connectivity index (χ2n) is 3.03. The maximum Gasteiger partial charge on any atom is 0.148 e. The van der Waals surface area contributed by atoms with Crippen LogP contribution < -0.4 is 5.32 Å². The minimum Gasteiger partial charge on any atom is -0.310 e. The number of hydrogen-bond acceptors (Lipinski definition) is 3. The largest absolute Gasteiger partial charge is 0.310 e. The molecule has 0 aromatic heterocycles. The van der Waals surface area contributed by atoms with E-state index in [2.05, 4.69) is 5.32 Å². The van der Waals surface area contributed by atoms with E-state index in [4.69, 9.17) is 0 Å². The first-order valence-corrected chi connectivity index (χ1v) is 5.58. The lowest BCUT2D eigenvalue weighted by Crippen LogP contribution is -2.29. The first-order chi connectivity index (χ1) is 4.97. The van der Waals surface area contributed by atoms with Crippen LogP contribution in [0.1, 0.15) is 6.42 Å². The van der Waals surface area contributed by atoms with Crippen LogP contribution in [0.4, 0.5) is 4.39 Å². The molecule has 0 amide bonds. The van der Waals surface area contributed by atoms with Crippen molar-refractivity contribution in [3.63, 3.8) is 0 Å². The van der Waals surface area contributed by atoms with Crippen LogP contribution >= 0.6 is 0 Å². The summed E-state index contributed by atoms with van der Waals surface area (Å²) in [5.41, 5.74) is 0. The smallest absolute Gasteiger partial charge is 0.148 e. The van der Waals surface area contributed by atoms with Gasteiger partial charge in [0.1, 0.15) is 16.0 Å². The molecule has 1 saturated heterocycles. The molecule has 0 spiro atoms. The Morgan fingerprint density at radius 3 is 2.64 bits per heavy atom. The summed E-state index contributed by atoms with van der Waals surface area (Å²) >= 11 is 0. The second-order valence-corrected chi connectivity index (χ2v) is 5.22. The molecular weight excluding hydrogens is 169 g/mol. The Hall–Kier alpha value is -0.160. The SMILES string of the molecule is CS(=O)(=O)C[C@@H]1C[C@H](F)CN1. The van der Waals surface area contributed by atoms with E-state index in [0.29, 0.717) is 13.0 Å². The van der Waals surface area contributed by atoms with Crippen LogP contribution in [-0.2, 0) is 9.84 Å². The molecule has 1 heterocycles. The lowest BCUT2D eigenvalue weighted by Gasteiger charge is -2.06. The molecule has 1 fully saturated rings. The van der Waals surface area contributed by atoms with Gasteiger partial charge in [-0.25, -0.2) is 12.8 Å². The van der Waals surface area contributed by atoms with E-state index in [-0.39, 0.29) is 11.8 Å². The van der Waals surface area contributed by atoms with Crippen LogP contribution in [0.25, 0.3) is 0 Å². The quantitative estimate of drug-likeness (QED) is 0.638. The molecule has 11 heavy (non-hydrogen) atoms. The Balaban J connectivity index is 2.41. The molecule has 2 atom stereocenters. The molecule has 3 nitrogen and oxygen atoms in total. The molecule has 0 unspecified atom stereocenters. The van der Waals surface area contributed by atoms with Gasteiger partial charge >= 0.3 is 0 Å². The topological polar surface area (TPSA) is 46.2 Å². The zero-order valence-electron chi connectivity index (χ0n) is 6.38. The number of hydrogen-bond donors (Lipinski definition) is 1. The van der Waals surface area contributed by atoms with Gasteiger partial charge in [-0.1, -0.05) is 0 Å². The van der Waals surface area contributed by atoms with E-state index in [1.165, 1.54) is 6.26 Å². The van der Waals surface area contributed by atoms with Gasteiger partial charge < -0.3 is 5.32 Å². The van der Waals surface area contributed by atoms with Gasteiger partial charge in [0.25, 0.3) is 0 Å². The van der Waals surface area contributed by atoms with Crippen molar-refractivity contribution in [1.82, 2.24) is 5.32 Å². The Bertz CT molecular complexity index is 227. The molecule has 1 N–H and O–H groups in total. The number of halogens is 1. The van der Waals surface area contributed by atoms with E-state index in [1.54, 1.807) is 0 Å². The van der Waals surface area contributed by atoms with Gasteiger partial charge in [-0.05, 0) is 6.42 Å². The Labute approximate surface area is 65.9 Å². The van der Waals surface area contributed by atoms with Crippen LogP contribution in [-0.4, -0.2) is 39.2 Å². The van der Waals surface area contributed by atoms with E-state index in [9.17, 15) is 12.8 Å². The normalized spacial score (nSPS) is 32.5. The average molecular weight is 181 g/mol. The van der Waals surface area contributed by atoms with Crippen molar-refractivity contribution < 1.29 is 12.8 Å². The summed E-state index contributed by atoms with van der Waals surface area (Å²) < 4.78 is 34.0. The molecule has 1 aliphatic heterocycles. The maximum atomic E-state index is 12.5. The number of nitrogens with one attached hydrogen (secondary N) is 1. The summed E-state index contributed by atoms with van der Waals surface area (Å²) in [6.45, 7) is 0.292. The van der Waals surface area contributed by atoms with Crippen molar-refractivity contribution in [3.05, 3.63) is 0 Å². The predicted octanol–water partition coefficient (Wildman–Crippen LogP) is -0.269. The zero-order valence-corrected chi connectivity index (χ0v) is 7.20. The third kappa shape index (κ3) is 3.16. The van der Waals surface area contributed by atoms with Crippen LogP contribution in [0.15, 0.2) is 0 Å². The molecule has 0 aliphatic carbocycles. The van der Waals surface area contributed by atoms with Crippen molar-refractivity contribution in [2.75, 3.05) is 18.6 Å². The van der Waals surface area contributed by atoms with Crippen LogP contribution in [0.5, 0.6) is 0 Å². The van der Waals surface area contributed by atoms with Crippen molar-refractivity contribution in [1.29, 1.82) is 0 Å². The summed E-state index contributed by atoms with van der Waals surface area (Å²) in [5, 5.41) is 2.81. The molecular formula is C6H12FNO2S. The summed E-state index contributed by atoms with van der Waals surface area (Å²) in [7, 11) is -2.96. The van der Waals surface area contributed by atoms with Gasteiger partial charge in [0.05, 0.1) is 5.75 Å². The van der Waals surface area contributed by atoms with Crippen LogP contribution in [0.2, 0.25) is 0 Å². The Morgan fingerprint density at radius 2 is 2.27 bits per heavy atom. The maximum absolute atomic E-state index is 12.5. The van der Waals surface area contributed by atoms with E-state index in [0.717, 1.165) is 0 Å². The lowest BCUT2D eigenvalue weighted by atomic mass is 10.2. The molecule has 1 rings (SSSR count). The Kier molecular flexibility index (Phi) is 2.49. The van der Waals surface area contributed by atoms with E-state index < -0.39 is 16.0 Å². The number of alkyl halides is 1. The van der Waals surface area contributed by atoms with Gasteiger partial charge in [0, 0.05) is 18.8 Å². The highest BCUT2D eigenvalue weighted by Gasteiger charge is 2.25. The molecule has 0 aromatic rings. The van der Waals surface area contributed by atoms with Crippen LogP contribution in [0.3, 0.4) is 0 Å². The molecule has 1 aliphatic rings. The molecule has 0 saturated carbocycles. The van der Waals surface area contributed by atoms with Crippen molar-refractivity contribution >= 4 is 9.84 Å². The first-order valence-electron chi connectivity index (χ1n) is 3.52. The molecule has 0 aromatic carbocycles. The fourth-order valence-electron chi connectivity index (χ4n) is 1.26. The van der Waals surface area contributed by atoms with Gasteiger partial charge in [-0.2, -0.15) is 0 Å². The summed E-state index contributed by atoms with van der Waals surface area (Å²) in [5.74, 6) is 0.0490. The highest BCUT2D eigenvalue weighted by atomic mass is 32.2. The minimum absolute atomic E-state index is 0.0490. The van der Waals surface area contributed by atoms with Crippen molar-refractivity contribution in [2.24, 2.45) is 0 Å². The number of sulfone groups is 1. The predicted molar refractivity (Wildman–Crippen MR) is 41.0 cm³/mol. The van der Waals surface area contributed by atoms with Gasteiger partial charge in [0.15, 0.2) is 0 Å². The van der Waals surface area contributed by atoms with Crippen LogP contribution in [0, 0.1) is 0 Å². The minimum atomic E-state index is -2.96. The monoisotopic (exact) mass is 181 g/mol. The number of rotatable bonds is 2. The van der Waals surface area contributed by atoms with Gasteiger partial charge in [-0.3, -0.25) is 0 Å². The second kappa shape index (κ2) is 3.06. The van der Waals surface area contributed by atoms with Gasteiger partial charge in [0.2, 0.25) is 0 Å². The third-order valence-corrected chi connectivity index (χ3v) is 2.68. The summed E-state index contributed by atoms with van der Waals surface area (Å²) in [6.07, 6.45) is 0.620. The fourth-order valence-corrected chi connectivity index (χ4v) is 2.25. The Morgan fingerprint density at radius 1 is 1.64 bits per heavy atom. The fraction of sp³-hybridized carbons (Fsp3) is 1.00. The highest BCUT2D eigenvalue weighted by molar-refractivity contribution is 7.90. The first kappa shape index (κ1) is 8.93. The average Bonchev–Trinajstić information content (AvgIpc) is 2.10. The zero-order chi connectivity index (χ0) is 8.48. The standard InChI is InChI=1S/C6H12FNO2S/c1-11(9,10)4-6-2-5(7)3-8-6/h5-6,8H,2-4H2,1H3/t5-,6-/m0/s1. The van der Waals surface area contributed by atoms with Crippen molar-refractivity contribution in [2.45, 2.75) is 18.6 Å². The van der Waals surface area contributed by atoms with E-state index >= 15 is 0 Å². The van der Waals surface area contributed by atoms with Crippen molar-refractivity contribution in [3.8, 4) is 0 Å². The van der Waals surface area contributed by atoms with E-state index in [1.807, 2.05) is 0 Å². The summed E-state index contributed by atoms with van der Waals surface area (Å²) in [4.78, 5) is 0. The van der Waals surface area contributed by atoms with Gasteiger partial charge in [-0.15, -0.1) is 0 Å². The molecule has 66 valence electrons. The molecule has 0 bridgehead atoms. The molecule has 5 heteroatoms. The lowest BCUT2D eigenvalue weighted by molar-refractivity contribution is 0.357. The third-order valence-electron chi connectivity index (χ3n) is 1.67. The highest BCUT2D eigenvalue weighted by Crippen LogP contribution is 2.10.